The molecule has 6 rings (SSSR count). The number of rotatable bonds is 5. The highest BCUT2D eigenvalue weighted by atomic mass is 35.5. The average molecular weight is 629 g/mol. The molecule has 42 heavy (non-hydrogen) atoms. The van der Waals surface area contributed by atoms with Gasteiger partial charge in [-0.25, -0.2) is 13.8 Å². The number of carbonyl (C=O) groups is 3. The van der Waals surface area contributed by atoms with E-state index >= 15 is 0 Å². The largest absolute Gasteiger partial charge is 0.433 e. The highest BCUT2D eigenvalue weighted by Gasteiger charge is 2.72. The van der Waals surface area contributed by atoms with Crippen molar-refractivity contribution in [3.05, 3.63) is 46.1 Å². The van der Waals surface area contributed by atoms with Crippen molar-refractivity contribution in [1.29, 1.82) is 0 Å². The van der Waals surface area contributed by atoms with E-state index in [0.29, 0.717) is 15.1 Å². The molecule has 14 heteroatoms. The predicted molar refractivity (Wildman–Crippen MR) is 146 cm³/mol. The van der Waals surface area contributed by atoms with Crippen molar-refractivity contribution < 1.29 is 36.3 Å². The maximum Gasteiger partial charge on any atom is 0.433 e. The second-order valence-corrected chi connectivity index (χ2v) is 12.6. The van der Waals surface area contributed by atoms with E-state index in [1.807, 2.05) is 13.8 Å². The van der Waals surface area contributed by atoms with Crippen LogP contribution in [0.5, 0.6) is 0 Å². The number of carbonyl (C=O) groups excluding carboxylic acids is 3. The number of amides is 3. The van der Waals surface area contributed by atoms with Gasteiger partial charge in [0, 0.05) is 35.6 Å². The average Bonchev–Trinajstić information content (AvgIpc) is 3.33. The van der Waals surface area contributed by atoms with Gasteiger partial charge in [-0.3, -0.25) is 24.3 Å². The van der Waals surface area contributed by atoms with Gasteiger partial charge in [0.1, 0.15) is 5.69 Å². The molecule has 3 amide bonds. The van der Waals surface area contributed by atoms with E-state index in [0.717, 1.165) is 17.4 Å². The Kier molecular flexibility index (Phi) is 7.36. The second kappa shape index (κ2) is 10.2. The number of hydrogen-bond acceptors (Lipinski definition) is 6. The molecule has 3 aliphatic rings. The Morgan fingerprint density at radius 2 is 1.83 bits per heavy atom. The number of likely N-dealkylation sites (tertiary alicyclic amines) is 2. The number of aromatic nitrogens is 2. The number of alkyl halides is 5. The van der Waals surface area contributed by atoms with Crippen LogP contribution in [0.3, 0.4) is 0 Å². The molecule has 2 saturated heterocycles. The van der Waals surface area contributed by atoms with Crippen LogP contribution in [0.1, 0.15) is 46.8 Å². The summed E-state index contributed by atoms with van der Waals surface area (Å²) < 4.78 is 68.5. The lowest BCUT2D eigenvalue weighted by Gasteiger charge is -2.21. The van der Waals surface area contributed by atoms with Crippen molar-refractivity contribution in [1.82, 2.24) is 19.8 Å². The van der Waals surface area contributed by atoms with Gasteiger partial charge in [0.15, 0.2) is 0 Å². The molecule has 224 valence electrons. The summed E-state index contributed by atoms with van der Waals surface area (Å²) in [5.41, 5.74) is -1.23. The number of fused-ring (bicyclic) bond motifs is 2. The van der Waals surface area contributed by atoms with Crippen LogP contribution in [-0.4, -0.2) is 57.0 Å². The molecule has 0 spiro atoms. The maximum atomic E-state index is 13.8. The first-order chi connectivity index (χ1) is 19.2. The summed E-state index contributed by atoms with van der Waals surface area (Å²) in [7, 11) is 0. The summed E-state index contributed by atoms with van der Waals surface area (Å²) in [5.74, 6) is -2.86. The van der Waals surface area contributed by atoms with Crippen LogP contribution in [0, 0.1) is 30.1 Å². The number of thiophene rings is 1. The Balaban J connectivity index is 0.00000353. The Morgan fingerprint density at radius 1 is 1.17 bits per heavy atom. The third kappa shape index (κ3) is 4.74. The van der Waals surface area contributed by atoms with E-state index in [9.17, 15) is 36.3 Å². The SMILES string of the molecule is Cc1cc(C(F)(F)F)nc(-c2ccnc3cc(CN4C(=O)C5C(C4=O)C5(C)C)sc23)c1C(=O)N1CC[C@H](C(F)F)C1.Cl. The summed E-state index contributed by atoms with van der Waals surface area (Å²) in [6.07, 6.45) is -5.94. The van der Waals surface area contributed by atoms with Crippen LogP contribution in [0.2, 0.25) is 0 Å². The van der Waals surface area contributed by atoms with Gasteiger partial charge in [-0.15, -0.1) is 23.7 Å². The first-order valence-electron chi connectivity index (χ1n) is 13.1. The van der Waals surface area contributed by atoms with Crippen LogP contribution in [-0.2, 0) is 22.3 Å². The third-order valence-electron chi connectivity index (χ3n) is 8.51. The highest BCUT2D eigenvalue weighted by Crippen LogP contribution is 2.63. The zero-order valence-corrected chi connectivity index (χ0v) is 24.3. The van der Waals surface area contributed by atoms with E-state index in [2.05, 4.69) is 9.97 Å². The van der Waals surface area contributed by atoms with Crippen molar-refractivity contribution in [3.63, 3.8) is 0 Å². The molecule has 3 atom stereocenters. The number of nitrogens with zero attached hydrogens (tertiary/aromatic N) is 4. The Bertz CT molecular complexity index is 1600. The van der Waals surface area contributed by atoms with Gasteiger partial charge in [-0.2, -0.15) is 13.2 Å². The van der Waals surface area contributed by atoms with Crippen molar-refractivity contribution in [2.75, 3.05) is 13.1 Å². The minimum atomic E-state index is -4.80. The van der Waals surface area contributed by atoms with E-state index in [4.69, 9.17) is 0 Å². The summed E-state index contributed by atoms with van der Waals surface area (Å²) in [6, 6.07) is 3.90. The number of aryl methyl sites for hydroxylation is 1. The number of piperidine rings is 1. The first-order valence-corrected chi connectivity index (χ1v) is 13.9. The van der Waals surface area contributed by atoms with Gasteiger partial charge < -0.3 is 4.90 Å². The van der Waals surface area contributed by atoms with Crippen molar-refractivity contribution in [3.8, 4) is 11.3 Å². The molecule has 0 bridgehead atoms. The fourth-order valence-electron chi connectivity index (χ4n) is 6.19. The Hall–Kier alpha value is -3.19. The van der Waals surface area contributed by atoms with Crippen molar-refractivity contribution >= 4 is 51.7 Å². The molecule has 2 aliphatic heterocycles. The second-order valence-electron chi connectivity index (χ2n) is 11.5. The van der Waals surface area contributed by atoms with Crippen LogP contribution < -0.4 is 0 Å². The smallest absolute Gasteiger partial charge is 0.338 e. The lowest BCUT2D eigenvalue weighted by Crippen LogP contribution is -2.35. The van der Waals surface area contributed by atoms with E-state index in [1.54, 1.807) is 6.07 Å². The van der Waals surface area contributed by atoms with E-state index in [1.165, 1.54) is 29.0 Å². The molecule has 3 aromatic heterocycles. The van der Waals surface area contributed by atoms with Crippen LogP contribution in [0.4, 0.5) is 22.0 Å². The van der Waals surface area contributed by atoms with Gasteiger partial charge in [0.2, 0.25) is 18.2 Å². The van der Waals surface area contributed by atoms with Gasteiger partial charge in [0.05, 0.1) is 39.9 Å². The normalized spacial score (nSPS) is 23.1. The molecule has 5 heterocycles. The summed E-state index contributed by atoms with van der Waals surface area (Å²) >= 11 is 1.15. The number of imide groups is 1. The Labute approximate surface area is 247 Å². The van der Waals surface area contributed by atoms with Crippen LogP contribution >= 0.6 is 23.7 Å². The molecule has 0 radical (unpaired) electrons. The predicted octanol–water partition coefficient (Wildman–Crippen LogP) is 5.98. The molecule has 1 saturated carbocycles. The lowest BCUT2D eigenvalue weighted by atomic mass is 9.99. The fraction of sp³-hybridized carbons (Fsp3) is 0.464. The monoisotopic (exact) mass is 628 g/mol. The molecule has 3 fully saturated rings. The zero-order valence-electron chi connectivity index (χ0n) is 22.7. The minimum absolute atomic E-state index is 0. The summed E-state index contributed by atoms with van der Waals surface area (Å²) in [5, 5.41) is 0. The van der Waals surface area contributed by atoms with Gasteiger partial charge in [-0.1, -0.05) is 13.8 Å². The van der Waals surface area contributed by atoms with Crippen molar-refractivity contribution in [2.24, 2.45) is 23.2 Å². The first kappa shape index (κ1) is 30.3. The third-order valence-corrected chi connectivity index (χ3v) is 9.66. The highest BCUT2D eigenvalue weighted by molar-refractivity contribution is 7.19. The maximum absolute atomic E-state index is 13.8. The molecular formula is C28H26ClF5N4O3S. The standard InChI is InChI=1S/C28H25F5N4O3S.ClH/c1-12-8-17(28(31,32)33)35-21(18(12)24(38)36-7-5-13(10-36)23(29)30)15-4-6-34-16-9-14(41-22(15)16)11-37-25(39)19-20(26(37)40)27(19,2)3;/h4,6,8-9,13,19-20,23H,5,7,10-11H2,1-3H3;1H/t13-,19?,20?;/m0./s1. The fourth-order valence-corrected chi connectivity index (χ4v) is 7.30. The Morgan fingerprint density at radius 3 is 2.43 bits per heavy atom. The molecule has 7 nitrogen and oxygen atoms in total. The molecule has 2 unspecified atom stereocenters. The van der Waals surface area contributed by atoms with Gasteiger partial charge in [0.25, 0.3) is 5.91 Å². The van der Waals surface area contributed by atoms with E-state index < -0.39 is 30.1 Å². The molecule has 0 N–H and O–H groups in total. The summed E-state index contributed by atoms with van der Waals surface area (Å²) in [4.78, 5) is 50.5. The van der Waals surface area contributed by atoms with Crippen LogP contribution in [0.15, 0.2) is 24.4 Å². The number of pyridine rings is 2. The minimum Gasteiger partial charge on any atom is -0.338 e. The zero-order chi connectivity index (χ0) is 29.6. The topological polar surface area (TPSA) is 83.5 Å². The molecule has 1 aliphatic carbocycles. The van der Waals surface area contributed by atoms with Crippen molar-refractivity contribution in [2.45, 2.75) is 46.3 Å². The van der Waals surface area contributed by atoms with Gasteiger partial charge in [-0.05, 0) is 42.5 Å². The quantitative estimate of drug-likeness (QED) is 0.257. The van der Waals surface area contributed by atoms with Crippen LogP contribution in [0.25, 0.3) is 21.5 Å². The lowest BCUT2D eigenvalue weighted by molar-refractivity contribution is -0.144. The summed E-state index contributed by atoms with van der Waals surface area (Å²) in [6.45, 7) is 4.98. The number of halogens is 6. The van der Waals surface area contributed by atoms with Gasteiger partial charge >= 0.3 is 6.18 Å². The molecule has 0 aromatic carbocycles. The molecule has 3 aromatic rings. The number of hydrogen-bond donors (Lipinski definition) is 0. The molecular weight excluding hydrogens is 603 g/mol. The van der Waals surface area contributed by atoms with E-state index in [-0.39, 0.29) is 89.9 Å².